The molecule has 1 aromatic carbocycles. The molecule has 0 spiro atoms. The maximum atomic E-state index is 12.1. The number of rotatable bonds is 5. The first-order chi connectivity index (χ1) is 9.70. The minimum Gasteiger partial charge on any atom is -0.492 e. The van der Waals surface area contributed by atoms with Crippen LogP contribution < -0.4 is 15.8 Å². The number of benzene rings is 1. The van der Waals surface area contributed by atoms with Gasteiger partial charge in [-0.05, 0) is 50.3 Å². The van der Waals surface area contributed by atoms with Gasteiger partial charge in [-0.25, -0.2) is 0 Å². The van der Waals surface area contributed by atoms with Crippen LogP contribution in [0.25, 0.3) is 0 Å². The lowest BCUT2D eigenvalue weighted by Crippen LogP contribution is -2.29. The number of nitrogen functional groups attached to an aromatic ring is 1. The number of carbonyl (C=O) groups excluding carboxylic acids is 1. The number of amides is 1. The molecule has 108 valence electrons. The molecule has 0 heterocycles. The third-order valence-corrected chi connectivity index (χ3v) is 3.50. The van der Waals surface area contributed by atoms with Crippen LogP contribution in [0.3, 0.4) is 0 Å². The van der Waals surface area contributed by atoms with Crippen LogP contribution in [-0.2, 0) is 0 Å². The Hall–Kier alpha value is -1.97. The zero-order valence-corrected chi connectivity index (χ0v) is 11.9. The second kappa shape index (κ2) is 6.98. The van der Waals surface area contributed by atoms with Crippen molar-refractivity contribution in [3.8, 4) is 5.75 Å². The molecule has 1 aliphatic rings. The first kappa shape index (κ1) is 14.4. The van der Waals surface area contributed by atoms with Crippen LogP contribution in [0.15, 0.2) is 30.4 Å². The Labute approximate surface area is 120 Å². The molecule has 3 N–H and O–H groups in total. The van der Waals surface area contributed by atoms with Gasteiger partial charge in [0.25, 0.3) is 5.91 Å². The Morgan fingerprint density at radius 3 is 2.95 bits per heavy atom. The van der Waals surface area contributed by atoms with Crippen molar-refractivity contribution < 1.29 is 9.53 Å². The lowest BCUT2D eigenvalue weighted by atomic mass is 9.94. The van der Waals surface area contributed by atoms with E-state index in [1.54, 1.807) is 18.2 Å². The predicted octanol–water partition coefficient (Wildman–Crippen LogP) is 2.75. The van der Waals surface area contributed by atoms with Crippen LogP contribution in [-0.4, -0.2) is 19.1 Å². The predicted molar refractivity (Wildman–Crippen MR) is 80.8 cm³/mol. The lowest BCUT2D eigenvalue weighted by Gasteiger charge is -2.18. The van der Waals surface area contributed by atoms with E-state index < -0.39 is 0 Å². The molecular weight excluding hydrogens is 252 g/mol. The molecule has 1 aliphatic carbocycles. The first-order valence-corrected chi connectivity index (χ1v) is 7.16. The highest BCUT2D eigenvalue weighted by atomic mass is 16.5. The van der Waals surface area contributed by atoms with Gasteiger partial charge < -0.3 is 15.8 Å². The molecule has 0 bridgehead atoms. The smallest absolute Gasteiger partial charge is 0.251 e. The fourth-order valence-electron chi connectivity index (χ4n) is 2.36. The van der Waals surface area contributed by atoms with Crippen molar-refractivity contribution in [2.45, 2.75) is 26.2 Å². The number of hydrogen-bond acceptors (Lipinski definition) is 3. The fourth-order valence-corrected chi connectivity index (χ4v) is 2.36. The van der Waals surface area contributed by atoms with Crippen LogP contribution in [0, 0.1) is 5.92 Å². The van der Waals surface area contributed by atoms with Crippen LogP contribution in [0.2, 0.25) is 0 Å². The number of carbonyl (C=O) groups is 1. The monoisotopic (exact) mass is 274 g/mol. The molecule has 4 nitrogen and oxygen atoms in total. The lowest BCUT2D eigenvalue weighted by molar-refractivity contribution is 0.0946. The molecule has 0 saturated carbocycles. The Kier molecular flexibility index (Phi) is 5.04. The fraction of sp³-hybridized carbons (Fsp3) is 0.438. The van der Waals surface area contributed by atoms with E-state index in [1.807, 2.05) is 6.92 Å². The van der Waals surface area contributed by atoms with Gasteiger partial charge in [0.15, 0.2) is 0 Å². The molecule has 0 saturated heterocycles. The Bertz CT molecular complexity index is 497. The summed E-state index contributed by atoms with van der Waals surface area (Å²) in [5.41, 5.74) is 6.95. The molecule has 0 aliphatic heterocycles. The molecule has 4 heteroatoms. The van der Waals surface area contributed by atoms with Crippen molar-refractivity contribution in [3.05, 3.63) is 35.9 Å². The summed E-state index contributed by atoms with van der Waals surface area (Å²) >= 11 is 0. The zero-order chi connectivity index (χ0) is 14.4. The van der Waals surface area contributed by atoms with E-state index in [9.17, 15) is 4.79 Å². The Morgan fingerprint density at radius 1 is 1.45 bits per heavy atom. The second-order valence-electron chi connectivity index (χ2n) is 5.05. The first-order valence-electron chi connectivity index (χ1n) is 7.16. The molecule has 0 aromatic heterocycles. The van der Waals surface area contributed by atoms with Crippen LogP contribution >= 0.6 is 0 Å². The number of hydrogen-bond donors (Lipinski definition) is 2. The van der Waals surface area contributed by atoms with E-state index in [0.717, 1.165) is 25.8 Å². The Balaban J connectivity index is 1.91. The minimum atomic E-state index is -0.0747. The van der Waals surface area contributed by atoms with Crippen LogP contribution in [0.1, 0.15) is 36.5 Å². The largest absolute Gasteiger partial charge is 0.492 e. The van der Waals surface area contributed by atoms with Crippen LogP contribution in [0.5, 0.6) is 5.75 Å². The number of ether oxygens (including phenoxy) is 1. The summed E-state index contributed by atoms with van der Waals surface area (Å²) in [5, 5.41) is 2.98. The minimum absolute atomic E-state index is 0.0747. The van der Waals surface area contributed by atoms with Gasteiger partial charge in [-0.2, -0.15) is 0 Å². The summed E-state index contributed by atoms with van der Waals surface area (Å²) in [7, 11) is 0. The molecule has 0 radical (unpaired) electrons. The zero-order valence-electron chi connectivity index (χ0n) is 11.9. The SMILES string of the molecule is CCOc1ccc(C(=O)NCC2CC=CCC2)cc1N. The van der Waals surface area contributed by atoms with Gasteiger partial charge in [0.2, 0.25) is 0 Å². The molecule has 1 atom stereocenters. The summed E-state index contributed by atoms with van der Waals surface area (Å²) in [4.78, 5) is 12.1. The maximum Gasteiger partial charge on any atom is 0.251 e. The summed E-state index contributed by atoms with van der Waals surface area (Å²) < 4.78 is 5.36. The van der Waals surface area contributed by atoms with Crippen molar-refractivity contribution >= 4 is 11.6 Å². The van der Waals surface area contributed by atoms with Crippen molar-refractivity contribution in [2.24, 2.45) is 5.92 Å². The maximum absolute atomic E-state index is 12.1. The molecule has 2 rings (SSSR count). The van der Waals surface area contributed by atoms with E-state index in [1.165, 1.54) is 0 Å². The van der Waals surface area contributed by atoms with Gasteiger partial charge in [0.1, 0.15) is 5.75 Å². The highest BCUT2D eigenvalue weighted by Gasteiger charge is 2.13. The molecular formula is C16H22N2O2. The van der Waals surface area contributed by atoms with Gasteiger partial charge in [-0.15, -0.1) is 0 Å². The van der Waals surface area contributed by atoms with Crippen molar-refractivity contribution in [1.82, 2.24) is 5.32 Å². The third kappa shape index (κ3) is 3.76. The van der Waals surface area contributed by atoms with E-state index in [2.05, 4.69) is 17.5 Å². The second-order valence-corrected chi connectivity index (χ2v) is 5.05. The molecule has 1 unspecified atom stereocenters. The van der Waals surface area contributed by atoms with E-state index in [-0.39, 0.29) is 5.91 Å². The third-order valence-electron chi connectivity index (χ3n) is 3.50. The standard InChI is InChI=1S/C16H22N2O2/c1-2-20-15-9-8-13(10-14(15)17)16(19)18-11-12-6-4-3-5-7-12/h3-4,8-10,12H,2,5-7,11,17H2,1H3,(H,18,19). The molecule has 1 aromatic rings. The normalized spacial score (nSPS) is 17.8. The van der Waals surface area contributed by atoms with E-state index >= 15 is 0 Å². The van der Waals surface area contributed by atoms with Gasteiger partial charge >= 0.3 is 0 Å². The highest BCUT2D eigenvalue weighted by molar-refractivity contribution is 5.95. The number of nitrogens with one attached hydrogen (secondary N) is 1. The van der Waals surface area contributed by atoms with Crippen LogP contribution in [0.4, 0.5) is 5.69 Å². The molecule has 1 amide bonds. The van der Waals surface area contributed by atoms with Gasteiger partial charge in [-0.3, -0.25) is 4.79 Å². The van der Waals surface area contributed by atoms with Gasteiger partial charge in [-0.1, -0.05) is 12.2 Å². The van der Waals surface area contributed by atoms with Crippen molar-refractivity contribution in [2.75, 3.05) is 18.9 Å². The summed E-state index contributed by atoms with van der Waals surface area (Å²) in [6.45, 7) is 3.18. The van der Waals surface area contributed by atoms with E-state index in [0.29, 0.717) is 29.5 Å². The highest BCUT2D eigenvalue weighted by Crippen LogP contribution is 2.22. The topological polar surface area (TPSA) is 64.3 Å². The van der Waals surface area contributed by atoms with Crippen molar-refractivity contribution in [1.29, 1.82) is 0 Å². The van der Waals surface area contributed by atoms with Crippen molar-refractivity contribution in [3.63, 3.8) is 0 Å². The Morgan fingerprint density at radius 2 is 2.30 bits per heavy atom. The average molecular weight is 274 g/mol. The number of nitrogens with two attached hydrogens (primary N) is 1. The summed E-state index contributed by atoms with van der Waals surface area (Å²) in [6.07, 6.45) is 7.69. The van der Waals surface area contributed by atoms with E-state index in [4.69, 9.17) is 10.5 Å². The summed E-state index contributed by atoms with van der Waals surface area (Å²) in [5.74, 6) is 1.10. The summed E-state index contributed by atoms with van der Waals surface area (Å²) in [6, 6.07) is 5.16. The molecule has 20 heavy (non-hydrogen) atoms. The quantitative estimate of drug-likeness (QED) is 0.641. The average Bonchev–Trinajstić information content (AvgIpc) is 2.48. The number of allylic oxidation sites excluding steroid dienone is 2. The van der Waals surface area contributed by atoms with Gasteiger partial charge in [0, 0.05) is 12.1 Å². The molecule has 0 fully saturated rings. The van der Waals surface area contributed by atoms with Gasteiger partial charge in [0.05, 0.1) is 12.3 Å². The number of anilines is 1.